The van der Waals surface area contributed by atoms with Crippen molar-refractivity contribution in [3.63, 3.8) is 0 Å². The molecule has 0 bridgehead atoms. The standard InChI is InChI=1S/C73H41N5/c1-3-19-46(20-4-1)75-61-31-13-11-25-51(61)57-38-44(33-35-63(57)75)50-27-15-28-53-54-29-16-30-55-68-65(77(69(50)53)70(54)55)41-60-59-40-43-18-8-10-24-49(43)67-66-48-23-9-7-17-42(48)37-56(71(66)78(72(59)67)73(60)74-68)45-34-36-64-58(39-45)52-26-12-14-32-62(52)76(64)47-21-5-2-6-22-47/h1-41H. The number of benzene rings is 12. The lowest BCUT2D eigenvalue weighted by molar-refractivity contribution is 1.18. The minimum atomic E-state index is 0.977. The van der Waals surface area contributed by atoms with E-state index in [-0.39, 0.29) is 0 Å². The van der Waals surface area contributed by atoms with Crippen molar-refractivity contribution in [2.45, 2.75) is 0 Å². The lowest BCUT2D eigenvalue weighted by atomic mass is 9.93. The minimum absolute atomic E-state index is 0.977. The van der Waals surface area contributed by atoms with Gasteiger partial charge in [0.25, 0.3) is 0 Å². The third-order valence-electron chi connectivity index (χ3n) is 17.5. The SMILES string of the molecule is c1ccc(-n2c3ccccc3c3cc(-c4cccc5c6cccc7c8nc9c(cc8n(c45)c67)c4cc5ccccc5c5c6c7ccccc7cc(-c7ccc8c(c7)c7ccccc7n8-c7ccccc7)c6n9c45)ccc32)cc1. The summed E-state index contributed by atoms with van der Waals surface area (Å²) in [6.45, 7) is 0. The van der Waals surface area contributed by atoms with Gasteiger partial charge in [0.1, 0.15) is 5.65 Å². The average Bonchev–Trinajstić information content (AvgIpc) is 4.33. The second-order valence-corrected chi connectivity index (χ2v) is 21.4. The lowest BCUT2D eigenvalue weighted by Crippen LogP contribution is -1.93. The van der Waals surface area contributed by atoms with Gasteiger partial charge < -0.3 is 13.5 Å². The van der Waals surface area contributed by atoms with Crippen LogP contribution in [0.1, 0.15) is 0 Å². The highest BCUT2D eigenvalue weighted by molar-refractivity contribution is 6.38. The summed E-state index contributed by atoms with van der Waals surface area (Å²) in [4.78, 5) is 5.99. The Hall–Kier alpha value is -10.5. The van der Waals surface area contributed by atoms with Crippen molar-refractivity contribution in [3.8, 4) is 33.6 Å². The normalized spacial score (nSPS) is 12.6. The number of hydrogen-bond donors (Lipinski definition) is 0. The number of hydrogen-bond acceptors (Lipinski definition) is 1. The fraction of sp³-hybridized carbons (Fsp3) is 0. The van der Waals surface area contributed by atoms with Crippen LogP contribution in [0.5, 0.6) is 0 Å². The molecule has 0 saturated heterocycles. The summed E-state index contributed by atoms with van der Waals surface area (Å²) in [5.74, 6) is 0. The molecule has 12 aromatic carbocycles. The Morgan fingerprint density at radius 2 is 0.756 bits per heavy atom. The van der Waals surface area contributed by atoms with E-state index in [9.17, 15) is 0 Å². The number of aromatic nitrogens is 5. The summed E-state index contributed by atoms with van der Waals surface area (Å²) < 4.78 is 9.88. The molecule has 0 fully saturated rings. The van der Waals surface area contributed by atoms with E-state index in [0.717, 1.165) is 38.8 Å². The van der Waals surface area contributed by atoms with Crippen molar-refractivity contribution in [1.29, 1.82) is 0 Å². The number of fused-ring (bicyclic) bond motifs is 22. The van der Waals surface area contributed by atoms with E-state index in [4.69, 9.17) is 4.98 Å². The van der Waals surface area contributed by atoms with Crippen molar-refractivity contribution < 1.29 is 0 Å². The molecule has 0 spiro atoms. The van der Waals surface area contributed by atoms with Gasteiger partial charge in [-0.15, -0.1) is 0 Å². The third-order valence-corrected chi connectivity index (χ3v) is 17.5. The second kappa shape index (κ2) is 14.7. The molecule has 7 aromatic heterocycles. The zero-order chi connectivity index (χ0) is 50.5. The number of nitrogens with zero attached hydrogens (tertiary/aromatic N) is 5. The largest absolute Gasteiger partial charge is 0.309 e. The maximum atomic E-state index is 5.99. The number of rotatable bonds is 4. The quantitative estimate of drug-likeness (QED) is 0.173. The summed E-state index contributed by atoms with van der Waals surface area (Å²) in [6, 6.07) is 92.2. The van der Waals surface area contributed by atoms with Crippen LogP contribution in [-0.2, 0) is 0 Å². The molecule has 0 amide bonds. The van der Waals surface area contributed by atoms with Gasteiger partial charge >= 0.3 is 0 Å². The first-order valence-corrected chi connectivity index (χ1v) is 27.0. The molecule has 0 aliphatic heterocycles. The van der Waals surface area contributed by atoms with Gasteiger partial charge in [0, 0.05) is 81.8 Å². The third kappa shape index (κ3) is 5.09. The van der Waals surface area contributed by atoms with Gasteiger partial charge in [-0.25, -0.2) is 4.98 Å². The number of para-hydroxylation sites is 6. The van der Waals surface area contributed by atoms with Crippen molar-refractivity contribution >= 4 is 142 Å². The monoisotopic (exact) mass is 987 g/mol. The summed E-state index contributed by atoms with van der Waals surface area (Å²) in [6.07, 6.45) is 0. The molecule has 0 N–H and O–H groups in total. The molecular formula is C73H41N5. The van der Waals surface area contributed by atoms with Crippen molar-refractivity contribution in [2.24, 2.45) is 0 Å². The molecule has 0 unspecified atom stereocenters. The van der Waals surface area contributed by atoms with Crippen LogP contribution in [0.25, 0.3) is 175 Å². The van der Waals surface area contributed by atoms with Gasteiger partial charge in [-0.2, -0.15) is 0 Å². The van der Waals surface area contributed by atoms with Crippen LogP contribution < -0.4 is 0 Å². The zero-order valence-corrected chi connectivity index (χ0v) is 41.9. The molecule has 7 heterocycles. The predicted molar refractivity (Wildman–Crippen MR) is 328 cm³/mol. The zero-order valence-electron chi connectivity index (χ0n) is 41.9. The van der Waals surface area contributed by atoms with Crippen molar-refractivity contribution in [3.05, 3.63) is 249 Å². The first-order chi connectivity index (χ1) is 38.7. The molecule has 0 aliphatic rings. The van der Waals surface area contributed by atoms with Gasteiger partial charge in [0.05, 0.1) is 55.2 Å². The molecule has 358 valence electrons. The van der Waals surface area contributed by atoms with Crippen LogP contribution in [0.15, 0.2) is 249 Å². The summed E-state index contributed by atoms with van der Waals surface area (Å²) in [5, 5.41) is 18.4. The smallest absolute Gasteiger partial charge is 0.146 e. The Bertz CT molecular complexity index is 5790. The van der Waals surface area contributed by atoms with E-state index in [1.165, 1.54) is 136 Å². The fourth-order valence-corrected chi connectivity index (χ4v) is 14.4. The van der Waals surface area contributed by atoms with Gasteiger partial charge in [0.15, 0.2) is 0 Å². The summed E-state index contributed by atoms with van der Waals surface area (Å²) in [5.41, 5.74) is 19.8. The van der Waals surface area contributed by atoms with Crippen LogP contribution in [-0.4, -0.2) is 22.9 Å². The van der Waals surface area contributed by atoms with Gasteiger partial charge in [-0.3, -0.25) is 4.40 Å². The number of pyridine rings is 1. The van der Waals surface area contributed by atoms with Crippen LogP contribution in [0.2, 0.25) is 0 Å². The molecule has 19 rings (SSSR count). The molecule has 5 nitrogen and oxygen atoms in total. The molecule has 0 saturated carbocycles. The van der Waals surface area contributed by atoms with E-state index in [0.29, 0.717) is 0 Å². The predicted octanol–water partition coefficient (Wildman–Crippen LogP) is 19.2. The molecule has 0 aliphatic carbocycles. The molecular weight excluding hydrogens is 947 g/mol. The highest BCUT2D eigenvalue weighted by Gasteiger charge is 2.28. The minimum Gasteiger partial charge on any atom is -0.309 e. The van der Waals surface area contributed by atoms with Crippen molar-refractivity contribution in [2.75, 3.05) is 0 Å². The van der Waals surface area contributed by atoms with Gasteiger partial charge in [-0.1, -0.05) is 170 Å². The molecule has 0 radical (unpaired) electrons. The molecule has 19 aromatic rings. The second-order valence-electron chi connectivity index (χ2n) is 21.4. The molecule has 78 heavy (non-hydrogen) atoms. The first-order valence-electron chi connectivity index (χ1n) is 27.0. The molecule has 0 atom stereocenters. The van der Waals surface area contributed by atoms with E-state index in [2.05, 4.69) is 267 Å². The summed E-state index contributed by atoms with van der Waals surface area (Å²) in [7, 11) is 0. The lowest BCUT2D eigenvalue weighted by Gasteiger charge is -2.12. The van der Waals surface area contributed by atoms with E-state index in [1.54, 1.807) is 0 Å². The highest BCUT2D eigenvalue weighted by atomic mass is 15.0. The topological polar surface area (TPSA) is 31.6 Å². The van der Waals surface area contributed by atoms with E-state index < -0.39 is 0 Å². The van der Waals surface area contributed by atoms with Crippen LogP contribution in [0.3, 0.4) is 0 Å². The van der Waals surface area contributed by atoms with Crippen molar-refractivity contribution in [1.82, 2.24) is 22.9 Å². The summed E-state index contributed by atoms with van der Waals surface area (Å²) >= 11 is 0. The van der Waals surface area contributed by atoms with E-state index in [1.807, 2.05) is 0 Å². The van der Waals surface area contributed by atoms with E-state index >= 15 is 0 Å². The fourth-order valence-electron chi connectivity index (χ4n) is 14.4. The maximum Gasteiger partial charge on any atom is 0.146 e. The Morgan fingerprint density at radius 3 is 1.41 bits per heavy atom. The Kier molecular flexibility index (Phi) is 7.68. The highest BCUT2D eigenvalue weighted by Crippen LogP contribution is 2.51. The first kappa shape index (κ1) is 40.8. The maximum absolute atomic E-state index is 5.99. The van der Waals surface area contributed by atoms with Gasteiger partial charge in [-0.05, 0) is 112 Å². The van der Waals surface area contributed by atoms with Gasteiger partial charge in [0.2, 0.25) is 0 Å². The van der Waals surface area contributed by atoms with Crippen LogP contribution >= 0.6 is 0 Å². The molecule has 5 heteroatoms. The average molecular weight is 988 g/mol. The Labute approximate surface area is 444 Å². The Balaban J connectivity index is 0.928. The van der Waals surface area contributed by atoms with Crippen LogP contribution in [0.4, 0.5) is 0 Å². The van der Waals surface area contributed by atoms with Crippen LogP contribution in [0, 0.1) is 0 Å². The Morgan fingerprint density at radius 1 is 0.256 bits per heavy atom.